The maximum atomic E-state index is 12.5. The summed E-state index contributed by atoms with van der Waals surface area (Å²) in [6, 6.07) is 15.1. The van der Waals surface area contributed by atoms with Crippen LogP contribution in [0.3, 0.4) is 0 Å². The average molecular weight is 406 g/mol. The van der Waals surface area contributed by atoms with Gasteiger partial charge in [-0.3, -0.25) is 9.59 Å². The topological polar surface area (TPSA) is 108 Å². The van der Waals surface area contributed by atoms with Gasteiger partial charge in [0.05, 0.1) is 18.5 Å². The second-order valence-electron chi connectivity index (χ2n) is 6.89. The van der Waals surface area contributed by atoms with Crippen LogP contribution in [-0.2, 0) is 9.59 Å². The quantitative estimate of drug-likeness (QED) is 0.627. The molecule has 30 heavy (non-hydrogen) atoms. The normalized spacial score (nSPS) is 15.2. The Balaban J connectivity index is 1.71. The van der Waals surface area contributed by atoms with Gasteiger partial charge < -0.3 is 20.5 Å². The van der Waals surface area contributed by atoms with Gasteiger partial charge in [0.25, 0.3) is 5.91 Å². The number of nitrogens with one attached hydrogen (secondary N) is 1. The van der Waals surface area contributed by atoms with Crippen LogP contribution in [0.5, 0.6) is 11.5 Å². The van der Waals surface area contributed by atoms with Gasteiger partial charge in [0.15, 0.2) is 18.1 Å². The number of carbonyl (C=O) groups is 2. The van der Waals surface area contributed by atoms with Crippen molar-refractivity contribution in [3.63, 3.8) is 0 Å². The molecule has 3 N–H and O–H groups in total. The Bertz CT molecular complexity index is 1080. The summed E-state index contributed by atoms with van der Waals surface area (Å²) in [6.07, 6.45) is 2.07. The maximum absolute atomic E-state index is 12.5. The molecule has 0 spiro atoms. The van der Waals surface area contributed by atoms with E-state index in [1.165, 1.54) is 0 Å². The molecule has 1 aliphatic heterocycles. The van der Waals surface area contributed by atoms with Gasteiger partial charge in [0.1, 0.15) is 5.82 Å². The fraction of sp³-hybridized carbons (Fsp3) is 0.227. The lowest BCUT2D eigenvalue weighted by Crippen LogP contribution is -2.24. The molecular formula is C22H22N4O4. The molecule has 2 heterocycles. The van der Waals surface area contributed by atoms with Gasteiger partial charge in [-0.25, -0.2) is 4.68 Å². The highest BCUT2D eigenvalue weighted by molar-refractivity contribution is 5.94. The van der Waals surface area contributed by atoms with Crippen LogP contribution in [-0.4, -0.2) is 34.8 Å². The molecule has 154 valence electrons. The monoisotopic (exact) mass is 406 g/mol. The van der Waals surface area contributed by atoms with Gasteiger partial charge in [0.2, 0.25) is 5.91 Å². The van der Waals surface area contributed by atoms with E-state index < -0.39 is 5.91 Å². The van der Waals surface area contributed by atoms with Crippen molar-refractivity contribution in [1.29, 1.82) is 0 Å². The van der Waals surface area contributed by atoms with E-state index in [9.17, 15) is 9.59 Å². The molecule has 1 aromatic heterocycles. The number of hydrogen-bond acceptors (Lipinski definition) is 5. The molecule has 0 saturated carbocycles. The lowest BCUT2D eigenvalue weighted by atomic mass is 9.87. The standard InChI is InChI=1S/C22H22N4O4/c1-2-29-19-10-14(8-9-18(19)30-13-20(23)27)16-11-21(28)25-22-17(16)12-24-26(22)15-6-4-3-5-7-15/h3-10,12,16H,2,11,13H2,1H3,(H2,23,27)(H,25,28). The van der Waals surface area contributed by atoms with Crippen molar-refractivity contribution in [2.45, 2.75) is 19.3 Å². The molecule has 8 nitrogen and oxygen atoms in total. The minimum absolute atomic E-state index is 0.0859. The maximum Gasteiger partial charge on any atom is 0.255 e. The number of para-hydroxylation sites is 1. The second-order valence-corrected chi connectivity index (χ2v) is 6.89. The first kappa shape index (κ1) is 19.5. The van der Waals surface area contributed by atoms with Crippen LogP contribution in [0.1, 0.15) is 30.4 Å². The Morgan fingerprint density at radius 1 is 1.20 bits per heavy atom. The molecule has 4 rings (SSSR count). The van der Waals surface area contributed by atoms with Crippen LogP contribution in [0.25, 0.3) is 5.69 Å². The van der Waals surface area contributed by atoms with Crippen molar-refractivity contribution in [2.75, 3.05) is 18.5 Å². The van der Waals surface area contributed by atoms with Crippen LogP contribution in [0, 0.1) is 0 Å². The van der Waals surface area contributed by atoms with Crippen molar-refractivity contribution in [2.24, 2.45) is 5.73 Å². The number of nitrogens with zero attached hydrogens (tertiary/aromatic N) is 2. The summed E-state index contributed by atoms with van der Waals surface area (Å²) in [6.45, 7) is 2.05. The Hall–Kier alpha value is -3.81. The summed E-state index contributed by atoms with van der Waals surface area (Å²) >= 11 is 0. The lowest BCUT2D eigenvalue weighted by molar-refractivity contribution is -0.120. The van der Waals surface area contributed by atoms with E-state index in [1.807, 2.05) is 49.4 Å². The van der Waals surface area contributed by atoms with Crippen molar-refractivity contribution in [3.8, 4) is 17.2 Å². The van der Waals surface area contributed by atoms with Gasteiger partial charge in [-0.1, -0.05) is 24.3 Å². The lowest BCUT2D eigenvalue weighted by Gasteiger charge is -2.24. The van der Waals surface area contributed by atoms with Crippen LogP contribution >= 0.6 is 0 Å². The average Bonchev–Trinajstić information content (AvgIpc) is 3.16. The summed E-state index contributed by atoms with van der Waals surface area (Å²) in [4.78, 5) is 23.5. The van der Waals surface area contributed by atoms with Gasteiger partial charge in [-0.05, 0) is 36.8 Å². The molecule has 0 saturated heterocycles. The van der Waals surface area contributed by atoms with E-state index in [2.05, 4.69) is 10.4 Å². The van der Waals surface area contributed by atoms with Gasteiger partial charge >= 0.3 is 0 Å². The first-order chi connectivity index (χ1) is 14.6. The highest BCUT2D eigenvalue weighted by Gasteiger charge is 2.31. The number of aromatic nitrogens is 2. The third kappa shape index (κ3) is 3.84. The Labute approximate surface area is 173 Å². The minimum atomic E-state index is -0.566. The van der Waals surface area contributed by atoms with Gasteiger partial charge in [-0.2, -0.15) is 5.10 Å². The molecule has 1 atom stereocenters. The van der Waals surface area contributed by atoms with Crippen LogP contribution in [0.15, 0.2) is 54.7 Å². The zero-order chi connectivity index (χ0) is 21.1. The van der Waals surface area contributed by atoms with E-state index in [-0.39, 0.29) is 18.4 Å². The largest absolute Gasteiger partial charge is 0.490 e. The number of fused-ring (bicyclic) bond motifs is 1. The molecule has 1 unspecified atom stereocenters. The summed E-state index contributed by atoms with van der Waals surface area (Å²) < 4.78 is 12.9. The van der Waals surface area contributed by atoms with Crippen LogP contribution < -0.4 is 20.5 Å². The fourth-order valence-corrected chi connectivity index (χ4v) is 3.56. The van der Waals surface area contributed by atoms with E-state index >= 15 is 0 Å². The summed E-state index contributed by atoms with van der Waals surface area (Å²) in [7, 11) is 0. The molecule has 0 fully saturated rings. The first-order valence-electron chi connectivity index (χ1n) is 9.68. The second kappa shape index (κ2) is 8.28. The Morgan fingerprint density at radius 2 is 2.00 bits per heavy atom. The molecule has 0 aliphatic carbocycles. The number of amides is 2. The fourth-order valence-electron chi connectivity index (χ4n) is 3.56. The first-order valence-corrected chi connectivity index (χ1v) is 9.68. The Kier molecular flexibility index (Phi) is 5.38. The van der Waals surface area contributed by atoms with E-state index in [1.54, 1.807) is 16.9 Å². The number of anilines is 1. The SMILES string of the molecule is CCOc1cc(C2CC(=O)Nc3c2cnn3-c2ccccc2)ccc1OCC(N)=O. The number of carbonyl (C=O) groups excluding carboxylic acids is 2. The highest BCUT2D eigenvalue weighted by atomic mass is 16.5. The number of hydrogen-bond donors (Lipinski definition) is 2. The number of primary amides is 1. The molecule has 0 radical (unpaired) electrons. The third-order valence-electron chi connectivity index (χ3n) is 4.86. The molecule has 1 aliphatic rings. The molecular weight excluding hydrogens is 384 g/mol. The third-order valence-corrected chi connectivity index (χ3v) is 4.86. The van der Waals surface area contributed by atoms with E-state index in [4.69, 9.17) is 15.2 Å². The van der Waals surface area contributed by atoms with Crippen molar-refractivity contribution < 1.29 is 19.1 Å². The molecule has 3 aromatic rings. The number of nitrogens with two attached hydrogens (primary N) is 1. The summed E-state index contributed by atoms with van der Waals surface area (Å²) in [5.74, 6) is 0.754. The molecule has 8 heteroatoms. The van der Waals surface area contributed by atoms with Crippen molar-refractivity contribution >= 4 is 17.6 Å². The van der Waals surface area contributed by atoms with Crippen molar-refractivity contribution in [1.82, 2.24) is 9.78 Å². The summed E-state index contributed by atoms with van der Waals surface area (Å²) in [5, 5.41) is 7.44. The van der Waals surface area contributed by atoms with E-state index in [0.717, 1.165) is 16.8 Å². The smallest absolute Gasteiger partial charge is 0.255 e. The predicted octanol–water partition coefficient (Wildman–Crippen LogP) is 2.61. The summed E-state index contributed by atoms with van der Waals surface area (Å²) in [5.41, 5.74) is 7.86. The minimum Gasteiger partial charge on any atom is -0.490 e. The van der Waals surface area contributed by atoms with E-state index in [0.29, 0.717) is 30.3 Å². The zero-order valence-corrected chi connectivity index (χ0v) is 16.5. The van der Waals surface area contributed by atoms with Gasteiger partial charge in [0, 0.05) is 17.9 Å². The molecule has 2 amide bonds. The molecule has 2 aromatic carbocycles. The Morgan fingerprint density at radius 3 is 2.73 bits per heavy atom. The number of rotatable bonds is 7. The number of benzene rings is 2. The van der Waals surface area contributed by atoms with Crippen LogP contribution in [0.2, 0.25) is 0 Å². The highest BCUT2D eigenvalue weighted by Crippen LogP contribution is 2.40. The van der Waals surface area contributed by atoms with Crippen molar-refractivity contribution in [3.05, 3.63) is 65.9 Å². The zero-order valence-electron chi connectivity index (χ0n) is 16.5. The molecule has 0 bridgehead atoms. The van der Waals surface area contributed by atoms with Crippen LogP contribution in [0.4, 0.5) is 5.82 Å². The predicted molar refractivity (Wildman–Crippen MR) is 111 cm³/mol. The number of ether oxygens (including phenoxy) is 2. The van der Waals surface area contributed by atoms with Gasteiger partial charge in [-0.15, -0.1) is 0 Å².